The Labute approximate surface area is 123 Å². The minimum atomic E-state index is -4.65. The van der Waals surface area contributed by atoms with Gasteiger partial charge in [-0.05, 0) is 24.0 Å². The first kappa shape index (κ1) is 17.4. The van der Waals surface area contributed by atoms with Crippen molar-refractivity contribution in [3.05, 3.63) is 35.4 Å². The Morgan fingerprint density at radius 2 is 2.00 bits per heavy atom. The summed E-state index contributed by atoms with van der Waals surface area (Å²) in [6.07, 6.45) is -2.79. The van der Waals surface area contributed by atoms with Crippen molar-refractivity contribution < 1.29 is 27.9 Å². The van der Waals surface area contributed by atoms with Gasteiger partial charge in [0.2, 0.25) is 0 Å². The lowest BCUT2D eigenvalue weighted by molar-refractivity contribution is -0.149. The molecule has 0 atom stereocenters. The molecule has 0 unspecified atom stereocenters. The lowest BCUT2D eigenvalue weighted by atomic mass is 10.1. The zero-order chi connectivity index (χ0) is 16.0. The van der Waals surface area contributed by atoms with E-state index in [1.54, 1.807) is 12.1 Å². The largest absolute Gasteiger partial charge is 0.480 e. The van der Waals surface area contributed by atoms with Crippen LogP contribution in [0.4, 0.5) is 13.2 Å². The van der Waals surface area contributed by atoms with Crippen LogP contribution in [-0.2, 0) is 10.5 Å². The van der Waals surface area contributed by atoms with Crippen molar-refractivity contribution in [1.82, 2.24) is 4.90 Å². The molecule has 0 aliphatic heterocycles. The van der Waals surface area contributed by atoms with E-state index in [4.69, 9.17) is 5.11 Å². The third kappa shape index (κ3) is 6.07. The van der Waals surface area contributed by atoms with Crippen LogP contribution in [0.25, 0.3) is 0 Å². The quantitative estimate of drug-likeness (QED) is 0.875. The van der Waals surface area contributed by atoms with Gasteiger partial charge in [0.05, 0.1) is 0 Å². The number of carboxylic acids is 1. The van der Waals surface area contributed by atoms with E-state index in [0.717, 1.165) is 5.56 Å². The minimum Gasteiger partial charge on any atom is -0.480 e. The van der Waals surface area contributed by atoms with Gasteiger partial charge in [0.15, 0.2) is 0 Å². The number of benzene rings is 1. The molecule has 0 spiro atoms. The maximum Gasteiger partial charge on any atom is 0.406 e. The lowest BCUT2D eigenvalue weighted by Gasteiger charge is -2.22. The average Bonchev–Trinajstić information content (AvgIpc) is 2.35. The van der Waals surface area contributed by atoms with Crippen LogP contribution in [0, 0.1) is 0 Å². The number of hydrogen-bond donors (Lipinski definition) is 1. The molecular weight excluding hydrogens is 307 g/mol. The maximum absolute atomic E-state index is 12.4. The first-order valence-corrected chi connectivity index (χ1v) is 7.28. The van der Waals surface area contributed by atoms with Gasteiger partial charge in [0.1, 0.15) is 13.1 Å². The minimum absolute atomic E-state index is 0.0482. The Morgan fingerprint density at radius 1 is 1.33 bits per heavy atom. The van der Waals surface area contributed by atoms with E-state index in [1.807, 2.05) is 6.26 Å². The van der Waals surface area contributed by atoms with Gasteiger partial charge < -0.3 is 10.0 Å². The van der Waals surface area contributed by atoms with Crippen LogP contribution in [0.5, 0.6) is 0 Å². The molecule has 116 valence electrons. The summed E-state index contributed by atoms with van der Waals surface area (Å²) < 4.78 is 37.3. The van der Waals surface area contributed by atoms with Gasteiger partial charge in [-0.15, -0.1) is 0 Å². The standard InChI is InChI=1S/C13H14F3NO3S/c1-21-7-9-3-2-4-10(5-9)12(20)17(6-11(18)19)8-13(14,15)16/h2-5H,6-8H2,1H3,(H,18,19). The van der Waals surface area contributed by atoms with Crippen molar-refractivity contribution in [2.45, 2.75) is 11.9 Å². The van der Waals surface area contributed by atoms with Crippen molar-refractivity contribution >= 4 is 23.6 Å². The van der Waals surface area contributed by atoms with Crippen LogP contribution in [0.3, 0.4) is 0 Å². The van der Waals surface area contributed by atoms with Gasteiger partial charge >= 0.3 is 12.1 Å². The van der Waals surface area contributed by atoms with E-state index < -0.39 is 31.1 Å². The SMILES string of the molecule is CSCc1cccc(C(=O)N(CC(=O)O)CC(F)(F)F)c1. The summed E-state index contributed by atoms with van der Waals surface area (Å²) in [5.74, 6) is -1.83. The summed E-state index contributed by atoms with van der Waals surface area (Å²) in [6, 6.07) is 6.16. The summed E-state index contributed by atoms with van der Waals surface area (Å²) in [6.45, 7) is -2.59. The predicted octanol–water partition coefficient (Wildman–Crippen LogP) is 2.64. The van der Waals surface area contributed by atoms with Crippen LogP contribution < -0.4 is 0 Å². The molecule has 0 saturated carbocycles. The molecule has 0 aliphatic carbocycles. The number of alkyl halides is 3. The summed E-state index contributed by atoms with van der Waals surface area (Å²) in [5.41, 5.74) is 0.836. The molecule has 1 rings (SSSR count). The second-order valence-electron chi connectivity index (χ2n) is 4.30. The molecule has 0 heterocycles. The third-order valence-corrected chi connectivity index (χ3v) is 3.09. The van der Waals surface area contributed by atoms with Gasteiger partial charge in [-0.25, -0.2) is 0 Å². The van der Waals surface area contributed by atoms with E-state index in [0.29, 0.717) is 5.75 Å². The Morgan fingerprint density at radius 3 is 2.52 bits per heavy atom. The van der Waals surface area contributed by atoms with Gasteiger partial charge in [-0.2, -0.15) is 24.9 Å². The summed E-state index contributed by atoms with van der Waals surface area (Å²) in [5, 5.41) is 8.65. The molecule has 0 fully saturated rings. The highest BCUT2D eigenvalue weighted by Gasteiger charge is 2.34. The average molecular weight is 321 g/mol. The molecule has 0 saturated heterocycles. The molecule has 1 aromatic rings. The molecule has 1 N–H and O–H groups in total. The molecule has 1 amide bonds. The molecule has 0 bridgehead atoms. The molecule has 21 heavy (non-hydrogen) atoms. The monoisotopic (exact) mass is 321 g/mol. The molecule has 0 radical (unpaired) electrons. The van der Waals surface area contributed by atoms with Crippen LogP contribution in [0.1, 0.15) is 15.9 Å². The van der Waals surface area contributed by atoms with Crippen molar-refractivity contribution in [1.29, 1.82) is 0 Å². The highest BCUT2D eigenvalue weighted by Crippen LogP contribution is 2.19. The van der Waals surface area contributed by atoms with E-state index in [1.165, 1.54) is 23.9 Å². The highest BCUT2D eigenvalue weighted by atomic mass is 32.2. The molecule has 0 aliphatic rings. The van der Waals surface area contributed by atoms with Crippen LogP contribution >= 0.6 is 11.8 Å². The Hall–Kier alpha value is -1.70. The lowest BCUT2D eigenvalue weighted by Crippen LogP contribution is -2.42. The van der Waals surface area contributed by atoms with Crippen LogP contribution in [0.2, 0.25) is 0 Å². The van der Waals surface area contributed by atoms with Crippen LogP contribution in [-0.4, -0.2) is 47.4 Å². The van der Waals surface area contributed by atoms with Crippen molar-refractivity contribution in [3.8, 4) is 0 Å². The summed E-state index contributed by atoms with van der Waals surface area (Å²) >= 11 is 1.51. The van der Waals surface area contributed by atoms with Crippen molar-refractivity contribution in [2.75, 3.05) is 19.3 Å². The third-order valence-electron chi connectivity index (χ3n) is 2.47. The molecular formula is C13H14F3NO3S. The molecule has 8 heteroatoms. The topological polar surface area (TPSA) is 57.6 Å². The second-order valence-corrected chi connectivity index (χ2v) is 5.17. The fraction of sp³-hybridized carbons (Fsp3) is 0.385. The number of aliphatic carboxylic acids is 1. The number of halogens is 3. The van der Waals surface area contributed by atoms with Gasteiger partial charge in [0.25, 0.3) is 5.91 Å². The van der Waals surface area contributed by atoms with Gasteiger partial charge in [-0.3, -0.25) is 9.59 Å². The van der Waals surface area contributed by atoms with E-state index >= 15 is 0 Å². The normalized spacial score (nSPS) is 11.2. The molecule has 1 aromatic carbocycles. The Kier molecular flexibility index (Phi) is 6.07. The smallest absolute Gasteiger partial charge is 0.406 e. The number of nitrogens with zero attached hydrogens (tertiary/aromatic N) is 1. The molecule has 4 nitrogen and oxygen atoms in total. The van der Waals surface area contributed by atoms with Gasteiger partial charge in [0, 0.05) is 11.3 Å². The fourth-order valence-electron chi connectivity index (χ4n) is 1.72. The zero-order valence-electron chi connectivity index (χ0n) is 11.2. The number of thioether (sulfide) groups is 1. The number of carbonyl (C=O) groups is 2. The number of carboxylic acid groups (broad SMARTS) is 1. The first-order chi connectivity index (χ1) is 9.73. The van der Waals surface area contributed by atoms with E-state index in [9.17, 15) is 22.8 Å². The van der Waals surface area contributed by atoms with Crippen LogP contribution in [0.15, 0.2) is 24.3 Å². The number of rotatable bonds is 6. The van der Waals surface area contributed by atoms with E-state index in [-0.39, 0.29) is 10.5 Å². The number of carbonyl (C=O) groups excluding carboxylic acids is 1. The van der Waals surface area contributed by atoms with Crippen molar-refractivity contribution in [2.24, 2.45) is 0 Å². The first-order valence-electron chi connectivity index (χ1n) is 5.88. The second kappa shape index (κ2) is 7.35. The highest BCUT2D eigenvalue weighted by molar-refractivity contribution is 7.97. The molecule has 0 aromatic heterocycles. The maximum atomic E-state index is 12.4. The Bertz CT molecular complexity index is 520. The predicted molar refractivity (Wildman–Crippen MR) is 73.3 cm³/mol. The summed E-state index contributed by atoms with van der Waals surface area (Å²) in [7, 11) is 0. The zero-order valence-corrected chi connectivity index (χ0v) is 12.0. The number of hydrogen-bond acceptors (Lipinski definition) is 3. The summed E-state index contributed by atoms with van der Waals surface area (Å²) in [4.78, 5) is 23.0. The van der Waals surface area contributed by atoms with E-state index in [2.05, 4.69) is 0 Å². The van der Waals surface area contributed by atoms with Gasteiger partial charge in [-0.1, -0.05) is 12.1 Å². The number of amides is 1. The Balaban J connectivity index is 2.98. The van der Waals surface area contributed by atoms with Crippen molar-refractivity contribution in [3.63, 3.8) is 0 Å². The fourth-order valence-corrected chi connectivity index (χ4v) is 2.24.